The average Bonchev–Trinajstić information content (AvgIpc) is 2.84. The number of nitrogens with zero attached hydrogens (tertiary/aromatic N) is 2. The molecule has 2 heterocycles. The van der Waals surface area contributed by atoms with Gasteiger partial charge in [0, 0.05) is 46.2 Å². The van der Waals surface area contributed by atoms with Crippen molar-refractivity contribution in [2.75, 3.05) is 17.7 Å². The van der Waals surface area contributed by atoms with E-state index in [1.165, 1.54) is 12.1 Å². The molecule has 2 aromatic heterocycles. The second kappa shape index (κ2) is 8.55. The highest BCUT2D eigenvalue weighted by Crippen LogP contribution is 2.35. The Hall–Kier alpha value is -4.52. The van der Waals surface area contributed by atoms with Gasteiger partial charge in [-0.25, -0.2) is 9.37 Å². The zero-order valence-corrected chi connectivity index (χ0v) is 17.7. The van der Waals surface area contributed by atoms with E-state index in [4.69, 9.17) is 4.74 Å². The van der Waals surface area contributed by atoms with Crippen LogP contribution in [0.25, 0.3) is 21.8 Å². The Bertz CT molecular complexity index is 1470. The monoisotopic (exact) mass is 438 g/mol. The van der Waals surface area contributed by atoms with Crippen LogP contribution in [0.2, 0.25) is 0 Å². The van der Waals surface area contributed by atoms with Crippen molar-refractivity contribution in [2.24, 2.45) is 0 Å². The molecule has 7 heteroatoms. The zero-order valence-electron chi connectivity index (χ0n) is 17.7. The number of halogens is 1. The SMILES string of the molecule is COc1ccc2nc3cc(F)ccc3c(Nc3ccc(C(=O)Nc4ccncc4)cc3)c2c1. The highest BCUT2D eigenvalue weighted by Gasteiger charge is 2.12. The fourth-order valence-corrected chi connectivity index (χ4v) is 3.65. The number of pyridine rings is 2. The summed E-state index contributed by atoms with van der Waals surface area (Å²) in [6.07, 6.45) is 3.24. The van der Waals surface area contributed by atoms with E-state index in [0.29, 0.717) is 28.0 Å². The van der Waals surface area contributed by atoms with Crippen molar-refractivity contribution >= 4 is 44.8 Å². The van der Waals surface area contributed by atoms with Gasteiger partial charge in [-0.15, -0.1) is 0 Å². The molecular weight excluding hydrogens is 419 g/mol. The third-order valence-corrected chi connectivity index (χ3v) is 5.30. The van der Waals surface area contributed by atoms with Crippen molar-refractivity contribution in [1.82, 2.24) is 9.97 Å². The number of carbonyl (C=O) groups excluding carboxylic acids is 1. The molecule has 0 fully saturated rings. The van der Waals surface area contributed by atoms with Crippen LogP contribution in [-0.2, 0) is 0 Å². The predicted molar refractivity (Wildman–Crippen MR) is 128 cm³/mol. The van der Waals surface area contributed by atoms with E-state index in [0.717, 1.165) is 22.1 Å². The maximum Gasteiger partial charge on any atom is 0.255 e. The summed E-state index contributed by atoms with van der Waals surface area (Å²) in [7, 11) is 1.61. The normalized spacial score (nSPS) is 10.8. The minimum absolute atomic E-state index is 0.215. The highest BCUT2D eigenvalue weighted by molar-refractivity contribution is 6.09. The fourth-order valence-electron chi connectivity index (χ4n) is 3.65. The number of amides is 1. The summed E-state index contributed by atoms with van der Waals surface area (Å²) in [4.78, 5) is 21.1. The first kappa shape index (κ1) is 20.4. The Balaban J connectivity index is 1.50. The zero-order chi connectivity index (χ0) is 22.8. The van der Waals surface area contributed by atoms with Gasteiger partial charge in [0.05, 0.1) is 23.8 Å². The molecule has 0 bridgehead atoms. The van der Waals surface area contributed by atoms with Gasteiger partial charge in [-0.3, -0.25) is 9.78 Å². The molecule has 6 nitrogen and oxygen atoms in total. The molecule has 0 aliphatic rings. The Kier molecular flexibility index (Phi) is 5.28. The largest absolute Gasteiger partial charge is 0.497 e. The topological polar surface area (TPSA) is 76.1 Å². The second-order valence-corrected chi connectivity index (χ2v) is 7.42. The molecule has 2 N–H and O–H groups in total. The van der Waals surface area contributed by atoms with E-state index in [1.807, 2.05) is 30.3 Å². The lowest BCUT2D eigenvalue weighted by molar-refractivity contribution is 0.102. The van der Waals surface area contributed by atoms with Crippen molar-refractivity contribution < 1.29 is 13.9 Å². The summed E-state index contributed by atoms with van der Waals surface area (Å²) in [6, 6.07) is 20.7. The Morgan fingerprint density at radius 2 is 1.64 bits per heavy atom. The summed E-state index contributed by atoms with van der Waals surface area (Å²) in [5.74, 6) is 0.128. The number of anilines is 3. The van der Waals surface area contributed by atoms with Crippen molar-refractivity contribution in [1.29, 1.82) is 0 Å². The number of ether oxygens (including phenoxy) is 1. The number of nitrogens with one attached hydrogen (secondary N) is 2. The highest BCUT2D eigenvalue weighted by atomic mass is 19.1. The molecule has 1 amide bonds. The van der Waals surface area contributed by atoms with E-state index in [2.05, 4.69) is 20.6 Å². The van der Waals surface area contributed by atoms with Crippen LogP contribution in [0.1, 0.15) is 10.4 Å². The van der Waals surface area contributed by atoms with Crippen LogP contribution in [-0.4, -0.2) is 23.0 Å². The summed E-state index contributed by atoms with van der Waals surface area (Å²) in [5.41, 5.74) is 4.01. The first-order valence-corrected chi connectivity index (χ1v) is 10.3. The second-order valence-electron chi connectivity index (χ2n) is 7.42. The van der Waals surface area contributed by atoms with Crippen LogP contribution >= 0.6 is 0 Å². The maximum atomic E-state index is 13.9. The van der Waals surface area contributed by atoms with Crippen molar-refractivity contribution in [2.45, 2.75) is 0 Å². The number of hydrogen-bond acceptors (Lipinski definition) is 5. The molecule has 5 rings (SSSR count). The van der Waals surface area contributed by atoms with Gasteiger partial charge in [0.25, 0.3) is 5.91 Å². The number of hydrogen-bond donors (Lipinski definition) is 2. The van der Waals surface area contributed by atoms with Gasteiger partial charge in [-0.2, -0.15) is 0 Å². The van der Waals surface area contributed by atoms with Crippen LogP contribution in [0.5, 0.6) is 5.75 Å². The van der Waals surface area contributed by atoms with Crippen molar-refractivity contribution in [3.63, 3.8) is 0 Å². The maximum absolute atomic E-state index is 13.9. The summed E-state index contributed by atoms with van der Waals surface area (Å²) in [6.45, 7) is 0. The smallest absolute Gasteiger partial charge is 0.255 e. The van der Waals surface area contributed by atoms with E-state index < -0.39 is 0 Å². The molecule has 0 spiro atoms. The van der Waals surface area contributed by atoms with Gasteiger partial charge in [-0.05, 0) is 66.7 Å². The fraction of sp³-hybridized carbons (Fsp3) is 0.0385. The van der Waals surface area contributed by atoms with E-state index in [9.17, 15) is 9.18 Å². The molecule has 0 atom stereocenters. The molecule has 5 aromatic rings. The van der Waals surface area contributed by atoms with Crippen LogP contribution < -0.4 is 15.4 Å². The van der Waals surface area contributed by atoms with Crippen molar-refractivity contribution in [3.05, 3.63) is 96.6 Å². The molecule has 0 saturated heterocycles. The number of fused-ring (bicyclic) bond motifs is 2. The number of rotatable bonds is 5. The number of carbonyl (C=O) groups is 1. The van der Waals surface area contributed by atoms with E-state index >= 15 is 0 Å². The van der Waals surface area contributed by atoms with Crippen molar-refractivity contribution in [3.8, 4) is 5.75 Å². The molecule has 0 aliphatic carbocycles. The first-order valence-electron chi connectivity index (χ1n) is 10.3. The van der Waals surface area contributed by atoms with Gasteiger partial charge >= 0.3 is 0 Å². The summed E-state index contributed by atoms with van der Waals surface area (Å²) >= 11 is 0. The Morgan fingerprint density at radius 3 is 2.39 bits per heavy atom. The van der Waals surface area contributed by atoms with Gasteiger partial charge in [0.15, 0.2) is 0 Å². The van der Waals surface area contributed by atoms with E-state index in [1.54, 1.807) is 49.8 Å². The number of methoxy groups -OCH3 is 1. The van der Waals surface area contributed by atoms with Crippen LogP contribution in [0.3, 0.4) is 0 Å². The van der Waals surface area contributed by atoms with Gasteiger partial charge < -0.3 is 15.4 Å². The first-order chi connectivity index (χ1) is 16.1. The standard InChI is InChI=1S/C26H19FN4O2/c1-33-20-7-9-23-22(15-20)25(21-8-4-17(27)14-24(21)31-23)29-18-5-2-16(3-6-18)26(32)30-19-10-12-28-13-11-19/h2-15H,1H3,(H,29,31)(H,28,30,32). The minimum Gasteiger partial charge on any atom is -0.497 e. The molecule has 0 saturated carbocycles. The number of benzene rings is 3. The Labute approximate surface area is 189 Å². The lowest BCUT2D eigenvalue weighted by Crippen LogP contribution is -2.11. The minimum atomic E-state index is -0.349. The molecular formula is C26H19FN4O2. The third kappa shape index (κ3) is 4.16. The molecule has 0 aliphatic heterocycles. The summed E-state index contributed by atoms with van der Waals surface area (Å²) < 4.78 is 19.3. The molecule has 0 radical (unpaired) electrons. The lowest BCUT2D eigenvalue weighted by atomic mass is 10.1. The molecule has 33 heavy (non-hydrogen) atoms. The number of aromatic nitrogens is 2. The van der Waals surface area contributed by atoms with Gasteiger partial charge in [-0.1, -0.05) is 0 Å². The van der Waals surface area contributed by atoms with Crippen LogP contribution in [0.15, 0.2) is 85.2 Å². The predicted octanol–water partition coefficient (Wildman–Crippen LogP) is 5.93. The van der Waals surface area contributed by atoms with Crippen LogP contribution in [0, 0.1) is 5.82 Å². The quantitative estimate of drug-likeness (QED) is 0.333. The van der Waals surface area contributed by atoms with Crippen LogP contribution in [0.4, 0.5) is 21.5 Å². The lowest BCUT2D eigenvalue weighted by Gasteiger charge is -2.14. The Morgan fingerprint density at radius 1 is 0.848 bits per heavy atom. The van der Waals surface area contributed by atoms with Gasteiger partial charge in [0.1, 0.15) is 11.6 Å². The van der Waals surface area contributed by atoms with Gasteiger partial charge in [0.2, 0.25) is 0 Å². The molecule has 3 aromatic carbocycles. The third-order valence-electron chi connectivity index (χ3n) is 5.30. The average molecular weight is 438 g/mol. The van der Waals surface area contributed by atoms with E-state index in [-0.39, 0.29) is 11.7 Å². The summed E-state index contributed by atoms with van der Waals surface area (Å²) in [5, 5.41) is 7.87. The molecule has 162 valence electrons. The molecule has 0 unspecified atom stereocenters.